The summed E-state index contributed by atoms with van der Waals surface area (Å²) in [6.07, 6.45) is 1.07. The van der Waals surface area contributed by atoms with Crippen LogP contribution < -0.4 is 9.47 Å². The van der Waals surface area contributed by atoms with Gasteiger partial charge < -0.3 is 14.6 Å². The van der Waals surface area contributed by atoms with Crippen molar-refractivity contribution in [1.29, 1.82) is 0 Å². The molecule has 1 N–H and O–H groups in total. The van der Waals surface area contributed by atoms with E-state index in [0.29, 0.717) is 11.3 Å². The number of benzene rings is 1. The van der Waals surface area contributed by atoms with Crippen molar-refractivity contribution in [1.82, 2.24) is 9.78 Å². The maximum atomic E-state index is 11.9. The molecule has 2 aromatic rings. The molecule has 0 unspecified atom stereocenters. The fourth-order valence-electron chi connectivity index (χ4n) is 2.26. The zero-order valence-electron chi connectivity index (χ0n) is 13.0. The zero-order valence-corrected chi connectivity index (χ0v) is 13.8. The van der Waals surface area contributed by atoms with Crippen LogP contribution in [0.3, 0.4) is 0 Å². The van der Waals surface area contributed by atoms with Gasteiger partial charge in [-0.3, -0.25) is 4.68 Å². The summed E-state index contributed by atoms with van der Waals surface area (Å²) in [5.74, 6) is -0.911. The summed E-state index contributed by atoms with van der Waals surface area (Å²) in [4.78, 5) is 11.0. The Kier molecular flexibility index (Phi) is 4.33. The molecule has 0 aliphatic rings. The van der Waals surface area contributed by atoms with E-state index in [-0.39, 0.29) is 22.1 Å². The molecule has 124 valence electrons. The number of aromatic nitrogens is 2. The minimum Gasteiger partial charge on any atom is -0.492 e. The third-order valence-corrected chi connectivity index (χ3v) is 4.38. The number of aromatic carboxylic acids is 1. The molecule has 1 aromatic heterocycles. The number of hydrogen-bond donors (Lipinski definition) is 1. The van der Waals surface area contributed by atoms with E-state index in [1.54, 1.807) is 7.05 Å². The highest BCUT2D eigenvalue weighted by Gasteiger charge is 2.24. The van der Waals surface area contributed by atoms with Gasteiger partial charge in [-0.25, -0.2) is 13.2 Å². The smallest absolute Gasteiger partial charge is 0.356 e. The van der Waals surface area contributed by atoms with Gasteiger partial charge in [0.2, 0.25) is 0 Å². The van der Waals surface area contributed by atoms with Crippen molar-refractivity contribution in [2.75, 3.05) is 20.5 Å². The molecular weight excluding hydrogens is 324 g/mol. The molecule has 0 spiro atoms. The van der Waals surface area contributed by atoms with Crippen molar-refractivity contribution in [2.45, 2.75) is 4.90 Å². The third kappa shape index (κ3) is 3.00. The lowest BCUT2D eigenvalue weighted by molar-refractivity contribution is 0.0689. The molecule has 0 bridgehead atoms. The van der Waals surface area contributed by atoms with Crippen LogP contribution in [0.2, 0.25) is 0 Å². The van der Waals surface area contributed by atoms with Crippen LogP contribution in [0.4, 0.5) is 0 Å². The molecule has 0 aliphatic heterocycles. The number of methoxy groups -OCH3 is 2. The van der Waals surface area contributed by atoms with Gasteiger partial charge in [0.25, 0.3) is 0 Å². The highest BCUT2D eigenvalue weighted by molar-refractivity contribution is 7.90. The average Bonchev–Trinajstić information content (AvgIpc) is 2.86. The summed E-state index contributed by atoms with van der Waals surface area (Å²) in [5, 5.41) is 12.9. The van der Waals surface area contributed by atoms with Crippen molar-refractivity contribution < 1.29 is 27.8 Å². The van der Waals surface area contributed by atoms with Gasteiger partial charge in [-0.1, -0.05) is 0 Å². The van der Waals surface area contributed by atoms with E-state index in [2.05, 4.69) is 5.10 Å². The van der Waals surface area contributed by atoms with E-state index < -0.39 is 15.8 Å². The van der Waals surface area contributed by atoms with Crippen LogP contribution in [0.1, 0.15) is 10.5 Å². The van der Waals surface area contributed by atoms with Crippen LogP contribution in [-0.2, 0) is 16.9 Å². The number of nitrogens with zero attached hydrogens (tertiary/aromatic N) is 2. The molecule has 0 aliphatic carbocycles. The van der Waals surface area contributed by atoms with Crippen LogP contribution in [0.25, 0.3) is 11.3 Å². The number of hydrogen-bond acceptors (Lipinski definition) is 6. The summed E-state index contributed by atoms with van der Waals surface area (Å²) in [6, 6.07) is 4.29. The molecule has 9 heteroatoms. The normalized spacial score (nSPS) is 11.3. The maximum Gasteiger partial charge on any atom is 0.356 e. The first kappa shape index (κ1) is 16.8. The van der Waals surface area contributed by atoms with Gasteiger partial charge in [-0.2, -0.15) is 5.10 Å². The predicted octanol–water partition coefficient (Wildman–Crippen LogP) is 1.21. The molecule has 0 atom stereocenters. The number of aryl methyl sites for hydroxylation is 1. The number of rotatable bonds is 5. The standard InChI is InChI=1S/C14H16N2O6S/c1-16-10(7-9(15-16)14(17)18)8-5-6-11(23(4,19)20)13(22-3)12(8)21-2/h5-7H,1-4H3,(H,17,18). The van der Waals surface area contributed by atoms with Crippen LogP contribution in [0.5, 0.6) is 11.5 Å². The minimum atomic E-state index is -3.52. The number of carboxylic acid groups (broad SMARTS) is 1. The van der Waals surface area contributed by atoms with Crippen molar-refractivity contribution in [2.24, 2.45) is 7.05 Å². The summed E-state index contributed by atoms with van der Waals surface area (Å²) in [6.45, 7) is 0. The molecule has 0 amide bonds. The van der Waals surface area contributed by atoms with Crippen LogP contribution in [0.15, 0.2) is 23.1 Å². The number of carbonyl (C=O) groups is 1. The SMILES string of the molecule is COc1c(-c2cc(C(=O)O)nn2C)ccc(S(C)(=O)=O)c1OC. The van der Waals surface area contributed by atoms with Crippen molar-refractivity contribution in [3.05, 3.63) is 23.9 Å². The van der Waals surface area contributed by atoms with Gasteiger partial charge in [-0.05, 0) is 18.2 Å². The largest absolute Gasteiger partial charge is 0.492 e. The zero-order chi connectivity index (χ0) is 17.4. The number of sulfone groups is 1. The van der Waals surface area contributed by atoms with Crippen molar-refractivity contribution in [3.8, 4) is 22.8 Å². The van der Waals surface area contributed by atoms with E-state index in [9.17, 15) is 13.2 Å². The lowest BCUT2D eigenvalue weighted by Gasteiger charge is -2.15. The van der Waals surface area contributed by atoms with E-state index in [4.69, 9.17) is 14.6 Å². The van der Waals surface area contributed by atoms with Gasteiger partial charge in [0.15, 0.2) is 27.0 Å². The molecule has 23 heavy (non-hydrogen) atoms. The number of carboxylic acids is 1. The lowest BCUT2D eigenvalue weighted by Crippen LogP contribution is -2.04. The molecule has 0 saturated heterocycles. The Hall–Kier alpha value is -2.55. The third-order valence-electron chi connectivity index (χ3n) is 3.26. The number of ether oxygens (including phenoxy) is 2. The van der Waals surface area contributed by atoms with Crippen molar-refractivity contribution in [3.63, 3.8) is 0 Å². The summed E-state index contributed by atoms with van der Waals surface area (Å²) in [5.41, 5.74) is 0.799. The second-order valence-electron chi connectivity index (χ2n) is 4.79. The molecule has 1 heterocycles. The minimum absolute atomic E-state index is 0.0128. The molecule has 8 nitrogen and oxygen atoms in total. The topological polar surface area (TPSA) is 108 Å². The Morgan fingerprint density at radius 2 is 1.83 bits per heavy atom. The van der Waals surface area contributed by atoms with E-state index in [1.165, 1.54) is 37.1 Å². The second-order valence-corrected chi connectivity index (χ2v) is 6.78. The molecule has 1 aromatic carbocycles. The summed E-state index contributed by atoms with van der Waals surface area (Å²) >= 11 is 0. The van der Waals surface area contributed by atoms with E-state index >= 15 is 0 Å². The van der Waals surface area contributed by atoms with Gasteiger partial charge in [-0.15, -0.1) is 0 Å². The first-order valence-corrected chi connectivity index (χ1v) is 8.32. The molecule has 0 radical (unpaired) electrons. The second kappa shape index (κ2) is 5.92. The van der Waals surface area contributed by atoms with Gasteiger partial charge in [0.1, 0.15) is 4.90 Å². The van der Waals surface area contributed by atoms with Crippen LogP contribution in [-0.4, -0.2) is 49.7 Å². The fraction of sp³-hybridized carbons (Fsp3) is 0.286. The fourth-order valence-corrected chi connectivity index (χ4v) is 3.09. The van der Waals surface area contributed by atoms with Crippen molar-refractivity contribution >= 4 is 15.8 Å². The highest BCUT2D eigenvalue weighted by atomic mass is 32.2. The predicted molar refractivity (Wildman–Crippen MR) is 81.8 cm³/mol. The Morgan fingerprint density at radius 1 is 1.22 bits per heavy atom. The molecule has 2 rings (SSSR count). The quantitative estimate of drug-likeness (QED) is 0.871. The Labute approximate surface area is 133 Å². The first-order chi connectivity index (χ1) is 10.7. The summed E-state index contributed by atoms with van der Waals surface area (Å²) < 4.78 is 35.6. The monoisotopic (exact) mass is 340 g/mol. The Balaban J connectivity index is 2.77. The molecule has 0 saturated carbocycles. The Bertz CT molecular complexity index is 870. The van der Waals surface area contributed by atoms with E-state index in [1.807, 2.05) is 0 Å². The van der Waals surface area contributed by atoms with Gasteiger partial charge in [0.05, 0.1) is 19.9 Å². The Morgan fingerprint density at radius 3 is 2.26 bits per heavy atom. The van der Waals surface area contributed by atoms with Gasteiger partial charge in [0, 0.05) is 18.9 Å². The maximum absolute atomic E-state index is 11.9. The van der Waals surface area contributed by atoms with Crippen LogP contribution >= 0.6 is 0 Å². The molecular formula is C14H16N2O6S. The summed E-state index contributed by atoms with van der Waals surface area (Å²) in [7, 11) is 0.777. The first-order valence-electron chi connectivity index (χ1n) is 6.43. The van der Waals surface area contributed by atoms with E-state index in [0.717, 1.165) is 6.26 Å². The average molecular weight is 340 g/mol. The van der Waals surface area contributed by atoms with Gasteiger partial charge >= 0.3 is 5.97 Å². The highest BCUT2D eigenvalue weighted by Crippen LogP contribution is 2.42. The lowest BCUT2D eigenvalue weighted by atomic mass is 10.1. The van der Waals surface area contributed by atoms with Crippen LogP contribution in [0, 0.1) is 0 Å². The molecule has 0 fully saturated rings.